The van der Waals surface area contributed by atoms with Crippen molar-refractivity contribution in [2.24, 2.45) is 0 Å². The number of rotatable bonds is 4. The van der Waals surface area contributed by atoms with E-state index in [0.29, 0.717) is 13.1 Å². The van der Waals surface area contributed by atoms with Crippen LogP contribution in [0.3, 0.4) is 0 Å². The van der Waals surface area contributed by atoms with Crippen LogP contribution in [0.5, 0.6) is 0 Å². The summed E-state index contributed by atoms with van der Waals surface area (Å²) < 4.78 is 17.2. The first-order valence-corrected chi connectivity index (χ1v) is 11.4. The molecule has 1 saturated heterocycles. The number of benzene rings is 2. The first-order chi connectivity index (χ1) is 15.6. The van der Waals surface area contributed by atoms with Crippen molar-refractivity contribution in [2.45, 2.75) is 6.54 Å². The fourth-order valence-electron chi connectivity index (χ4n) is 4.16. The summed E-state index contributed by atoms with van der Waals surface area (Å²) in [4.78, 5) is 21.7. The normalized spacial score (nSPS) is 14.8. The Hall–Kier alpha value is -3.03. The number of hydrogen-bond acceptors (Lipinski definition) is 3. The maximum Gasteiger partial charge on any atom is 0.256 e. The molecule has 0 atom stereocenters. The number of amides is 1. The monoisotopic (exact) mass is 492 g/mol. The van der Waals surface area contributed by atoms with Crippen molar-refractivity contribution in [1.82, 2.24) is 19.2 Å². The average molecular weight is 493 g/mol. The van der Waals surface area contributed by atoms with E-state index in [9.17, 15) is 9.18 Å². The summed E-state index contributed by atoms with van der Waals surface area (Å²) in [6, 6.07) is 20.4. The van der Waals surface area contributed by atoms with Crippen molar-refractivity contribution in [3.8, 4) is 11.3 Å². The van der Waals surface area contributed by atoms with Crippen LogP contribution in [0.1, 0.15) is 16.1 Å². The van der Waals surface area contributed by atoms with Crippen LogP contribution in [0, 0.1) is 5.82 Å². The molecule has 0 bridgehead atoms. The van der Waals surface area contributed by atoms with Gasteiger partial charge in [-0.25, -0.2) is 9.37 Å². The topological polar surface area (TPSA) is 40.9 Å². The molecule has 32 heavy (non-hydrogen) atoms. The highest BCUT2D eigenvalue weighted by Gasteiger charge is 2.25. The lowest BCUT2D eigenvalue weighted by molar-refractivity contribution is 0.0622. The van der Waals surface area contributed by atoms with Crippen LogP contribution in [0.15, 0.2) is 77.4 Å². The van der Waals surface area contributed by atoms with E-state index in [4.69, 9.17) is 4.98 Å². The molecule has 2 aromatic heterocycles. The second-order valence-corrected chi connectivity index (χ2v) is 8.81. The van der Waals surface area contributed by atoms with E-state index in [2.05, 4.69) is 37.4 Å². The van der Waals surface area contributed by atoms with Gasteiger partial charge in [-0.15, -0.1) is 0 Å². The number of carbonyl (C=O) groups is 1. The summed E-state index contributed by atoms with van der Waals surface area (Å²) in [5.41, 5.74) is 4.21. The molecule has 0 unspecified atom stereocenters. The molecular formula is C25H22BrFN4O. The first kappa shape index (κ1) is 20.8. The van der Waals surface area contributed by atoms with Crippen molar-refractivity contribution in [2.75, 3.05) is 26.2 Å². The van der Waals surface area contributed by atoms with Crippen molar-refractivity contribution in [3.63, 3.8) is 0 Å². The molecule has 3 heterocycles. The molecule has 1 aliphatic heterocycles. The maximum atomic E-state index is 14.0. The number of halogens is 2. The summed E-state index contributed by atoms with van der Waals surface area (Å²) >= 11 is 3.50. The number of piperazine rings is 1. The molecule has 0 aliphatic carbocycles. The molecule has 0 saturated carbocycles. The highest BCUT2D eigenvalue weighted by Crippen LogP contribution is 2.27. The van der Waals surface area contributed by atoms with E-state index >= 15 is 0 Å². The molecule has 4 aromatic rings. The summed E-state index contributed by atoms with van der Waals surface area (Å²) in [5, 5.41) is 0. The van der Waals surface area contributed by atoms with Crippen LogP contribution < -0.4 is 0 Å². The zero-order chi connectivity index (χ0) is 22.1. The van der Waals surface area contributed by atoms with Crippen molar-refractivity contribution < 1.29 is 9.18 Å². The Balaban J connectivity index is 1.36. The summed E-state index contributed by atoms with van der Waals surface area (Å²) in [5.74, 6) is -0.710. The first-order valence-electron chi connectivity index (χ1n) is 10.6. The lowest BCUT2D eigenvalue weighted by atomic mass is 10.1. The number of pyridine rings is 1. The minimum atomic E-state index is -0.468. The third kappa shape index (κ3) is 4.06. The number of carbonyl (C=O) groups excluding carboxylic acids is 1. The Kier molecular flexibility index (Phi) is 5.76. The van der Waals surface area contributed by atoms with Crippen molar-refractivity contribution in [1.29, 1.82) is 0 Å². The minimum Gasteiger partial charge on any atom is -0.336 e. The van der Waals surface area contributed by atoms with E-state index < -0.39 is 5.82 Å². The molecule has 1 amide bonds. The van der Waals surface area contributed by atoms with Crippen molar-refractivity contribution in [3.05, 3.63) is 94.5 Å². The average Bonchev–Trinajstić information content (AvgIpc) is 3.18. The molecule has 162 valence electrons. The minimum absolute atomic E-state index is 0.139. The lowest BCUT2D eigenvalue weighted by Crippen LogP contribution is -2.48. The van der Waals surface area contributed by atoms with E-state index in [-0.39, 0.29) is 11.5 Å². The molecular weight excluding hydrogens is 471 g/mol. The lowest BCUT2D eigenvalue weighted by Gasteiger charge is -2.34. The molecule has 0 radical (unpaired) electrons. The van der Waals surface area contributed by atoms with Gasteiger partial charge in [-0.2, -0.15) is 0 Å². The molecule has 1 aliphatic rings. The van der Waals surface area contributed by atoms with E-state index in [1.165, 1.54) is 6.07 Å². The molecule has 0 spiro atoms. The summed E-state index contributed by atoms with van der Waals surface area (Å²) in [7, 11) is 0. The molecule has 5 rings (SSSR count). The highest BCUT2D eigenvalue weighted by atomic mass is 79.9. The van der Waals surface area contributed by atoms with Crippen LogP contribution in [-0.2, 0) is 6.54 Å². The fraction of sp³-hybridized carbons (Fsp3) is 0.200. The fourth-order valence-corrected chi connectivity index (χ4v) is 4.43. The number of aromatic nitrogens is 2. The predicted molar refractivity (Wildman–Crippen MR) is 126 cm³/mol. The maximum absolute atomic E-state index is 14.0. The Bertz CT molecular complexity index is 1260. The van der Waals surface area contributed by atoms with E-state index in [1.54, 1.807) is 23.1 Å². The van der Waals surface area contributed by atoms with E-state index in [0.717, 1.165) is 46.7 Å². The largest absolute Gasteiger partial charge is 0.336 e. The summed E-state index contributed by atoms with van der Waals surface area (Å²) in [6.07, 6.45) is 2.04. The smallest absolute Gasteiger partial charge is 0.256 e. The Morgan fingerprint density at radius 2 is 1.66 bits per heavy atom. The van der Waals surface area contributed by atoms with Crippen LogP contribution >= 0.6 is 15.9 Å². The van der Waals surface area contributed by atoms with Gasteiger partial charge in [0.25, 0.3) is 5.91 Å². The van der Waals surface area contributed by atoms with Gasteiger partial charge in [0.15, 0.2) is 0 Å². The number of nitrogens with zero attached hydrogens (tertiary/aromatic N) is 4. The standard InChI is InChI=1S/C25H22BrFN4O/c26-19-10-8-18(9-11-19)24-22(31-12-4-3-7-23(31)28-24)17-29-13-15-30(16-14-29)25(32)20-5-1-2-6-21(20)27/h1-12H,13-17H2. The second kappa shape index (κ2) is 8.84. The van der Waals surface area contributed by atoms with Gasteiger partial charge in [0, 0.05) is 49.0 Å². The Morgan fingerprint density at radius 1 is 0.938 bits per heavy atom. The van der Waals surface area contributed by atoms with Crippen LogP contribution in [-0.4, -0.2) is 51.3 Å². The zero-order valence-corrected chi connectivity index (χ0v) is 19.0. The number of hydrogen-bond donors (Lipinski definition) is 0. The molecule has 2 aromatic carbocycles. The second-order valence-electron chi connectivity index (χ2n) is 7.89. The van der Waals surface area contributed by atoms with Gasteiger partial charge >= 0.3 is 0 Å². The van der Waals surface area contributed by atoms with Gasteiger partial charge in [-0.1, -0.05) is 46.3 Å². The molecule has 1 fully saturated rings. The van der Waals surface area contributed by atoms with Crippen molar-refractivity contribution >= 4 is 27.5 Å². The predicted octanol–water partition coefficient (Wildman–Crippen LogP) is 4.86. The third-order valence-electron chi connectivity index (χ3n) is 5.88. The Morgan fingerprint density at radius 3 is 2.41 bits per heavy atom. The van der Waals surface area contributed by atoms with Gasteiger partial charge in [0.1, 0.15) is 11.5 Å². The molecule has 7 heteroatoms. The van der Waals surface area contributed by atoms with Crippen LogP contribution in [0.25, 0.3) is 16.9 Å². The van der Waals surface area contributed by atoms with Crippen LogP contribution in [0.2, 0.25) is 0 Å². The third-order valence-corrected chi connectivity index (χ3v) is 6.41. The number of fused-ring (bicyclic) bond motifs is 1. The van der Waals surface area contributed by atoms with E-state index in [1.807, 2.05) is 36.5 Å². The number of imidazole rings is 1. The van der Waals surface area contributed by atoms with Gasteiger partial charge in [0.2, 0.25) is 0 Å². The van der Waals surface area contributed by atoms with Gasteiger partial charge < -0.3 is 9.30 Å². The molecule has 5 nitrogen and oxygen atoms in total. The summed E-state index contributed by atoms with van der Waals surface area (Å²) in [6.45, 7) is 3.30. The molecule has 0 N–H and O–H groups in total. The SMILES string of the molecule is O=C(c1ccccc1F)N1CCN(Cc2c(-c3ccc(Br)cc3)nc3ccccn23)CC1. The highest BCUT2D eigenvalue weighted by molar-refractivity contribution is 9.10. The van der Waals surface area contributed by atoms with Gasteiger partial charge in [-0.05, 0) is 36.4 Å². The Labute approximate surface area is 194 Å². The van der Waals surface area contributed by atoms with Crippen LogP contribution in [0.4, 0.5) is 4.39 Å². The quantitative estimate of drug-likeness (QED) is 0.408. The van der Waals surface area contributed by atoms with Gasteiger partial charge in [0.05, 0.1) is 17.0 Å². The zero-order valence-electron chi connectivity index (χ0n) is 17.4. The van der Waals surface area contributed by atoms with Gasteiger partial charge in [-0.3, -0.25) is 9.69 Å².